The molecule has 0 spiro atoms. The minimum Gasteiger partial charge on any atom is -0.508 e. The number of nitrogens with zero attached hydrogens (tertiary/aromatic N) is 4. The third-order valence-corrected chi connectivity index (χ3v) is 9.22. The van der Waals surface area contributed by atoms with Crippen LogP contribution in [0.5, 0.6) is 5.75 Å². The van der Waals surface area contributed by atoms with E-state index in [0.29, 0.717) is 12.1 Å². The molecule has 2 atom stereocenters. The Bertz CT molecular complexity index is 1400. The maximum absolute atomic E-state index is 13.8. The normalized spacial score (nSPS) is 19.2. The van der Waals surface area contributed by atoms with Crippen LogP contribution in [0.2, 0.25) is 0 Å². The molecule has 0 radical (unpaired) electrons. The van der Waals surface area contributed by atoms with Crippen molar-refractivity contribution >= 4 is 11.9 Å². The first kappa shape index (κ1) is 32.7. The lowest BCUT2D eigenvalue weighted by molar-refractivity contribution is -0.137. The van der Waals surface area contributed by atoms with Crippen molar-refractivity contribution in [1.29, 1.82) is 0 Å². The highest BCUT2D eigenvalue weighted by atomic mass is 16.4. The van der Waals surface area contributed by atoms with E-state index in [9.17, 15) is 14.7 Å². The second kappa shape index (κ2) is 16.0. The average molecular weight is 613 g/mol. The fraction of sp³-hybridized carbons (Fsp3) is 0.459. The molecule has 0 aromatic heterocycles. The Labute approximate surface area is 267 Å². The van der Waals surface area contributed by atoms with Gasteiger partial charge in [-0.1, -0.05) is 61.0 Å². The number of carbonyl (C=O) groups is 2. The van der Waals surface area contributed by atoms with E-state index < -0.39 is 5.97 Å². The zero-order valence-electron chi connectivity index (χ0n) is 26.6. The highest BCUT2D eigenvalue weighted by molar-refractivity contribution is 5.94. The predicted octanol–water partition coefficient (Wildman–Crippen LogP) is 5.48. The van der Waals surface area contributed by atoms with Gasteiger partial charge in [0.25, 0.3) is 5.91 Å². The quantitative estimate of drug-likeness (QED) is 0.262. The van der Waals surface area contributed by atoms with Crippen LogP contribution < -0.4 is 0 Å². The fourth-order valence-electron chi connectivity index (χ4n) is 6.90. The maximum atomic E-state index is 13.8. The lowest BCUT2D eigenvalue weighted by Crippen LogP contribution is -2.52. The molecule has 2 aliphatic rings. The molecule has 2 fully saturated rings. The first-order valence-electron chi connectivity index (χ1n) is 16.5. The third-order valence-electron chi connectivity index (χ3n) is 9.22. The van der Waals surface area contributed by atoms with Gasteiger partial charge in [0.1, 0.15) is 5.75 Å². The lowest BCUT2D eigenvalue weighted by Gasteiger charge is -2.44. The Hall–Kier alpha value is -3.72. The molecule has 2 saturated heterocycles. The van der Waals surface area contributed by atoms with Crippen molar-refractivity contribution in [3.8, 4) is 5.75 Å². The van der Waals surface area contributed by atoms with E-state index in [-0.39, 0.29) is 30.2 Å². The molecule has 2 heterocycles. The molecule has 0 bridgehead atoms. The fourth-order valence-corrected chi connectivity index (χ4v) is 6.90. The van der Waals surface area contributed by atoms with E-state index in [4.69, 9.17) is 5.11 Å². The Morgan fingerprint density at radius 3 is 2.31 bits per heavy atom. The highest BCUT2D eigenvalue weighted by Gasteiger charge is 2.32. The zero-order chi connectivity index (χ0) is 31.6. The van der Waals surface area contributed by atoms with Crippen molar-refractivity contribution in [3.05, 3.63) is 101 Å². The van der Waals surface area contributed by atoms with Gasteiger partial charge in [0.05, 0.1) is 6.04 Å². The Balaban J connectivity index is 1.27. The summed E-state index contributed by atoms with van der Waals surface area (Å²) in [6, 6.07) is 26.4. The summed E-state index contributed by atoms with van der Waals surface area (Å²) in [5.74, 6) is -0.418. The smallest absolute Gasteiger partial charge is 0.303 e. The summed E-state index contributed by atoms with van der Waals surface area (Å²) in [5.41, 5.74) is 4.11. The molecular formula is C37H48N4O4. The number of unbranched alkanes of at least 4 members (excludes halogenated alkanes) is 2. The molecule has 1 amide bonds. The van der Waals surface area contributed by atoms with E-state index in [1.54, 1.807) is 6.07 Å². The van der Waals surface area contributed by atoms with Crippen LogP contribution in [0, 0.1) is 0 Å². The number of benzene rings is 3. The Morgan fingerprint density at radius 2 is 1.56 bits per heavy atom. The number of rotatable bonds is 12. The third kappa shape index (κ3) is 9.16. The molecule has 45 heavy (non-hydrogen) atoms. The molecule has 0 saturated carbocycles. The van der Waals surface area contributed by atoms with Crippen molar-refractivity contribution < 1.29 is 19.8 Å². The van der Waals surface area contributed by atoms with Gasteiger partial charge in [-0.05, 0) is 80.2 Å². The van der Waals surface area contributed by atoms with Crippen molar-refractivity contribution in [1.82, 2.24) is 19.6 Å². The SMILES string of the molecule is CC1CN(Cc2ccccc2)CCN1C(c1cccc(O)c1)c1cccc(C(=O)N2CCCN(CCCCCC(=O)O)CC2)c1. The molecule has 3 aromatic carbocycles. The second-order valence-electron chi connectivity index (χ2n) is 12.6. The molecule has 8 heteroatoms. The van der Waals surface area contributed by atoms with E-state index in [1.807, 2.05) is 29.2 Å². The van der Waals surface area contributed by atoms with Crippen molar-refractivity contribution in [2.45, 2.75) is 57.7 Å². The number of carboxylic acids is 1. The number of carboxylic acid groups (broad SMARTS) is 1. The molecule has 2 unspecified atom stereocenters. The molecule has 3 aromatic rings. The van der Waals surface area contributed by atoms with Gasteiger partial charge in [0.15, 0.2) is 0 Å². The molecule has 2 aliphatic heterocycles. The van der Waals surface area contributed by atoms with Gasteiger partial charge in [0.2, 0.25) is 0 Å². The van der Waals surface area contributed by atoms with Gasteiger partial charge < -0.3 is 20.0 Å². The molecule has 8 nitrogen and oxygen atoms in total. The monoisotopic (exact) mass is 612 g/mol. The van der Waals surface area contributed by atoms with Gasteiger partial charge >= 0.3 is 5.97 Å². The minimum atomic E-state index is -0.729. The van der Waals surface area contributed by atoms with E-state index >= 15 is 0 Å². The van der Waals surface area contributed by atoms with Crippen LogP contribution >= 0.6 is 0 Å². The van der Waals surface area contributed by atoms with Crippen LogP contribution in [0.15, 0.2) is 78.9 Å². The van der Waals surface area contributed by atoms with Crippen LogP contribution in [-0.4, -0.2) is 100 Å². The van der Waals surface area contributed by atoms with E-state index in [0.717, 1.165) is 89.2 Å². The maximum Gasteiger partial charge on any atom is 0.303 e. The largest absolute Gasteiger partial charge is 0.508 e. The Kier molecular flexibility index (Phi) is 11.6. The molecule has 2 N–H and O–H groups in total. The molecule has 5 rings (SSSR count). The van der Waals surface area contributed by atoms with Gasteiger partial charge in [-0.25, -0.2) is 0 Å². The molecule has 0 aliphatic carbocycles. The summed E-state index contributed by atoms with van der Waals surface area (Å²) in [5, 5.41) is 19.3. The number of hydrogen-bond acceptors (Lipinski definition) is 6. The topological polar surface area (TPSA) is 87.6 Å². The summed E-state index contributed by atoms with van der Waals surface area (Å²) < 4.78 is 0. The first-order valence-corrected chi connectivity index (χ1v) is 16.5. The van der Waals surface area contributed by atoms with E-state index in [2.05, 4.69) is 70.2 Å². The van der Waals surface area contributed by atoms with Gasteiger partial charge in [-0.15, -0.1) is 0 Å². The van der Waals surface area contributed by atoms with Crippen molar-refractivity contribution in [3.63, 3.8) is 0 Å². The number of carbonyl (C=O) groups excluding carboxylic acids is 1. The second-order valence-corrected chi connectivity index (χ2v) is 12.6. The van der Waals surface area contributed by atoms with Crippen LogP contribution in [-0.2, 0) is 11.3 Å². The summed E-state index contributed by atoms with van der Waals surface area (Å²) in [6.45, 7) is 10.1. The summed E-state index contributed by atoms with van der Waals surface area (Å²) >= 11 is 0. The van der Waals surface area contributed by atoms with Gasteiger partial charge in [-0.2, -0.15) is 0 Å². The van der Waals surface area contributed by atoms with Crippen LogP contribution in [0.3, 0.4) is 0 Å². The number of aromatic hydroxyl groups is 1. The van der Waals surface area contributed by atoms with Crippen molar-refractivity contribution in [2.75, 3.05) is 52.4 Å². The van der Waals surface area contributed by atoms with Crippen LogP contribution in [0.1, 0.15) is 72.1 Å². The number of piperazine rings is 1. The number of amides is 1. The predicted molar refractivity (Wildman–Crippen MR) is 177 cm³/mol. The number of hydrogen-bond donors (Lipinski definition) is 2. The standard InChI is InChI=1S/C37H48N4O4/c1-29-27-39(28-30-11-4-2-5-12-30)22-24-41(29)36(32-14-9-16-34(42)26-32)31-13-8-15-33(25-31)37(45)40-20-10-19-38(21-23-40)18-7-3-6-17-35(43)44/h2,4-5,8-9,11-16,25-26,29,36,42H,3,6-7,10,17-24,27-28H2,1H3,(H,43,44). The van der Waals surface area contributed by atoms with Crippen LogP contribution in [0.4, 0.5) is 0 Å². The first-order chi connectivity index (χ1) is 21.9. The number of phenolic OH excluding ortho intramolecular Hbond substituents is 1. The van der Waals surface area contributed by atoms with E-state index in [1.165, 1.54) is 5.56 Å². The average Bonchev–Trinajstić information content (AvgIpc) is 3.28. The van der Waals surface area contributed by atoms with Crippen molar-refractivity contribution in [2.24, 2.45) is 0 Å². The summed E-state index contributed by atoms with van der Waals surface area (Å²) in [4.78, 5) is 34.0. The summed E-state index contributed by atoms with van der Waals surface area (Å²) in [7, 11) is 0. The summed E-state index contributed by atoms with van der Waals surface area (Å²) in [6.07, 6.45) is 3.78. The molecule has 240 valence electrons. The number of phenols is 1. The number of aliphatic carboxylic acids is 1. The molecular weight excluding hydrogens is 564 g/mol. The Morgan fingerprint density at radius 1 is 0.800 bits per heavy atom. The zero-order valence-corrected chi connectivity index (χ0v) is 26.6. The lowest BCUT2D eigenvalue weighted by atomic mass is 9.93. The van der Waals surface area contributed by atoms with Gasteiger partial charge in [0, 0.05) is 63.8 Å². The minimum absolute atomic E-state index is 0.0653. The highest BCUT2D eigenvalue weighted by Crippen LogP contribution is 2.34. The van der Waals surface area contributed by atoms with Gasteiger partial charge in [-0.3, -0.25) is 19.4 Å². The van der Waals surface area contributed by atoms with Crippen LogP contribution in [0.25, 0.3) is 0 Å².